The van der Waals surface area contributed by atoms with E-state index in [1.165, 1.54) is 0 Å². The summed E-state index contributed by atoms with van der Waals surface area (Å²) >= 11 is 0. The quantitative estimate of drug-likeness (QED) is 0.783. The summed E-state index contributed by atoms with van der Waals surface area (Å²) in [4.78, 5) is 10.9. The van der Waals surface area contributed by atoms with Gasteiger partial charge >= 0.3 is 0 Å². The van der Waals surface area contributed by atoms with Crippen LogP contribution < -0.4 is 4.90 Å². The van der Waals surface area contributed by atoms with Gasteiger partial charge in [-0.3, -0.25) is 0 Å². The molecule has 0 aliphatic heterocycles. The van der Waals surface area contributed by atoms with Crippen molar-refractivity contribution in [2.75, 3.05) is 11.4 Å². The molecule has 17 heavy (non-hydrogen) atoms. The third-order valence-electron chi connectivity index (χ3n) is 2.59. The Balaban J connectivity index is 2.26. The van der Waals surface area contributed by atoms with Crippen molar-refractivity contribution in [3.05, 3.63) is 48.8 Å². The molecule has 3 nitrogen and oxygen atoms in total. The van der Waals surface area contributed by atoms with Gasteiger partial charge in [-0.15, -0.1) is 0 Å². The average molecular weight is 227 g/mol. The number of pyridine rings is 2. The van der Waals surface area contributed by atoms with Crippen molar-refractivity contribution in [2.24, 2.45) is 0 Å². The smallest absolute Gasteiger partial charge is 0.134 e. The first kappa shape index (κ1) is 11.6. The highest BCUT2D eigenvalue weighted by Gasteiger charge is 2.09. The van der Waals surface area contributed by atoms with Crippen LogP contribution in [-0.2, 0) is 0 Å². The highest BCUT2D eigenvalue weighted by Crippen LogP contribution is 2.20. The van der Waals surface area contributed by atoms with E-state index < -0.39 is 0 Å². The van der Waals surface area contributed by atoms with E-state index in [2.05, 4.69) is 21.8 Å². The van der Waals surface area contributed by atoms with Crippen LogP contribution in [0.1, 0.15) is 19.8 Å². The van der Waals surface area contributed by atoms with E-state index in [1.54, 1.807) is 0 Å². The Morgan fingerprint density at radius 2 is 1.53 bits per heavy atom. The molecule has 2 aromatic heterocycles. The van der Waals surface area contributed by atoms with Gasteiger partial charge in [0.25, 0.3) is 0 Å². The lowest BCUT2D eigenvalue weighted by molar-refractivity contribution is 0.773. The average Bonchev–Trinajstić information content (AvgIpc) is 2.42. The van der Waals surface area contributed by atoms with Crippen molar-refractivity contribution in [3.63, 3.8) is 0 Å². The normalized spacial score (nSPS) is 10.2. The number of unbranched alkanes of at least 4 members (excludes halogenated alkanes) is 1. The summed E-state index contributed by atoms with van der Waals surface area (Å²) in [7, 11) is 0. The Morgan fingerprint density at radius 3 is 1.94 bits per heavy atom. The summed E-state index contributed by atoms with van der Waals surface area (Å²) < 4.78 is 0. The predicted octanol–water partition coefficient (Wildman–Crippen LogP) is 3.41. The summed E-state index contributed by atoms with van der Waals surface area (Å²) in [5.41, 5.74) is 0. The zero-order valence-electron chi connectivity index (χ0n) is 10.1. The molecule has 0 fully saturated rings. The fraction of sp³-hybridized carbons (Fsp3) is 0.286. The Hall–Kier alpha value is -1.90. The SMILES string of the molecule is CCCCN(c1ccccn1)c1ccccn1. The summed E-state index contributed by atoms with van der Waals surface area (Å²) in [5.74, 6) is 1.92. The highest BCUT2D eigenvalue weighted by atomic mass is 15.2. The molecule has 2 heterocycles. The lowest BCUT2D eigenvalue weighted by Crippen LogP contribution is -2.20. The molecular formula is C14H17N3. The molecule has 0 saturated carbocycles. The second-order valence-electron chi connectivity index (χ2n) is 3.88. The molecular weight excluding hydrogens is 210 g/mol. The van der Waals surface area contributed by atoms with Gasteiger partial charge in [-0.05, 0) is 30.7 Å². The van der Waals surface area contributed by atoms with Crippen molar-refractivity contribution in [3.8, 4) is 0 Å². The molecule has 3 heteroatoms. The summed E-state index contributed by atoms with van der Waals surface area (Å²) in [6.07, 6.45) is 5.93. The van der Waals surface area contributed by atoms with Gasteiger partial charge in [0.15, 0.2) is 0 Å². The molecule has 0 unspecified atom stereocenters. The topological polar surface area (TPSA) is 29.0 Å². The maximum atomic E-state index is 4.39. The van der Waals surface area contributed by atoms with Crippen LogP contribution in [0.5, 0.6) is 0 Å². The van der Waals surface area contributed by atoms with Crippen LogP contribution in [-0.4, -0.2) is 16.5 Å². The summed E-state index contributed by atoms with van der Waals surface area (Å²) in [6.45, 7) is 3.14. The van der Waals surface area contributed by atoms with Gasteiger partial charge in [-0.1, -0.05) is 25.5 Å². The Labute approximate surface area is 102 Å². The van der Waals surface area contributed by atoms with Crippen LogP contribution in [0.4, 0.5) is 11.6 Å². The number of nitrogens with zero attached hydrogens (tertiary/aromatic N) is 3. The van der Waals surface area contributed by atoms with Gasteiger partial charge in [-0.25, -0.2) is 9.97 Å². The van der Waals surface area contributed by atoms with Gasteiger partial charge in [0.2, 0.25) is 0 Å². The molecule has 88 valence electrons. The fourth-order valence-electron chi connectivity index (χ4n) is 1.69. The maximum absolute atomic E-state index is 4.39. The minimum Gasteiger partial charge on any atom is -0.311 e. The van der Waals surface area contributed by atoms with Crippen molar-refractivity contribution in [1.82, 2.24) is 9.97 Å². The van der Waals surface area contributed by atoms with Crippen LogP contribution in [0.2, 0.25) is 0 Å². The predicted molar refractivity (Wildman–Crippen MR) is 70.4 cm³/mol. The van der Waals surface area contributed by atoms with E-state index in [1.807, 2.05) is 48.8 Å². The lowest BCUT2D eigenvalue weighted by atomic mass is 10.3. The lowest BCUT2D eigenvalue weighted by Gasteiger charge is -2.22. The van der Waals surface area contributed by atoms with Crippen LogP contribution in [0.25, 0.3) is 0 Å². The maximum Gasteiger partial charge on any atom is 0.134 e. The van der Waals surface area contributed by atoms with Gasteiger partial charge in [0, 0.05) is 18.9 Å². The van der Waals surface area contributed by atoms with Crippen LogP contribution in [0.15, 0.2) is 48.8 Å². The molecule has 2 aromatic rings. The first-order chi connectivity index (χ1) is 8.42. The highest BCUT2D eigenvalue weighted by molar-refractivity contribution is 5.55. The van der Waals surface area contributed by atoms with E-state index in [9.17, 15) is 0 Å². The standard InChI is InChI=1S/C14H17N3/c1-2-3-12-17(13-8-4-6-10-15-13)14-9-5-7-11-16-14/h4-11H,2-3,12H2,1H3. The molecule has 0 radical (unpaired) electrons. The van der Waals surface area contributed by atoms with Gasteiger partial charge in [0.05, 0.1) is 0 Å². The second-order valence-corrected chi connectivity index (χ2v) is 3.88. The molecule has 0 atom stereocenters. The number of hydrogen-bond donors (Lipinski definition) is 0. The van der Waals surface area contributed by atoms with E-state index in [4.69, 9.17) is 0 Å². The van der Waals surface area contributed by atoms with E-state index in [0.717, 1.165) is 31.0 Å². The summed E-state index contributed by atoms with van der Waals surface area (Å²) in [5, 5.41) is 0. The first-order valence-electron chi connectivity index (χ1n) is 6.01. The van der Waals surface area contributed by atoms with Crippen molar-refractivity contribution >= 4 is 11.6 Å². The summed E-state index contributed by atoms with van der Waals surface area (Å²) in [6, 6.07) is 11.9. The molecule has 0 bridgehead atoms. The minimum absolute atomic E-state index is 0.949. The molecule has 0 amide bonds. The zero-order valence-corrected chi connectivity index (χ0v) is 10.1. The van der Waals surface area contributed by atoms with E-state index >= 15 is 0 Å². The first-order valence-corrected chi connectivity index (χ1v) is 6.01. The van der Waals surface area contributed by atoms with Gasteiger partial charge in [-0.2, -0.15) is 0 Å². The van der Waals surface area contributed by atoms with Crippen LogP contribution in [0, 0.1) is 0 Å². The third-order valence-corrected chi connectivity index (χ3v) is 2.59. The Bertz CT molecular complexity index is 388. The fourth-order valence-corrected chi connectivity index (χ4v) is 1.69. The number of aromatic nitrogens is 2. The third kappa shape index (κ3) is 3.03. The zero-order chi connectivity index (χ0) is 11.9. The van der Waals surface area contributed by atoms with Crippen molar-refractivity contribution < 1.29 is 0 Å². The monoisotopic (exact) mass is 227 g/mol. The second kappa shape index (κ2) is 5.99. The Kier molecular flexibility index (Phi) is 4.08. The van der Waals surface area contributed by atoms with Crippen LogP contribution >= 0.6 is 0 Å². The van der Waals surface area contributed by atoms with Crippen molar-refractivity contribution in [1.29, 1.82) is 0 Å². The molecule has 0 aromatic carbocycles. The molecule has 0 spiro atoms. The Morgan fingerprint density at radius 1 is 0.941 bits per heavy atom. The minimum atomic E-state index is 0.949. The molecule has 0 saturated heterocycles. The number of hydrogen-bond acceptors (Lipinski definition) is 3. The molecule has 2 rings (SSSR count). The van der Waals surface area contributed by atoms with Crippen molar-refractivity contribution in [2.45, 2.75) is 19.8 Å². The largest absolute Gasteiger partial charge is 0.311 e. The number of anilines is 2. The number of rotatable bonds is 5. The van der Waals surface area contributed by atoms with Gasteiger partial charge in [0.1, 0.15) is 11.6 Å². The molecule has 0 aliphatic rings. The van der Waals surface area contributed by atoms with E-state index in [-0.39, 0.29) is 0 Å². The molecule has 0 N–H and O–H groups in total. The van der Waals surface area contributed by atoms with Gasteiger partial charge < -0.3 is 4.90 Å². The van der Waals surface area contributed by atoms with E-state index in [0.29, 0.717) is 0 Å². The van der Waals surface area contributed by atoms with Crippen LogP contribution in [0.3, 0.4) is 0 Å². The molecule has 0 aliphatic carbocycles.